The van der Waals surface area contributed by atoms with E-state index in [4.69, 9.17) is 5.73 Å². The molecule has 21 heavy (non-hydrogen) atoms. The summed E-state index contributed by atoms with van der Waals surface area (Å²) in [4.78, 5) is 4.34. The van der Waals surface area contributed by atoms with Gasteiger partial charge in [0, 0.05) is 18.8 Å². The minimum absolute atomic E-state index is 0.523. The number of aromatic amines is 1. The summed E-state index contributed by atoms with van der Waals surface area (Å²) < 4.78 is 0. The summed E-state index contributed by atoms with van der Waals surface area (Å²) in [7, 11) is 0. The van der Waals surface area contributed by atoms with Gasteiger partial charge in [-0.1, -0.05) is 30.3 Å². The zero-order valence-corrected chi connectivity index (χ0v) is 12.5. The Hall–Kier alpha value is -2.30. The lowest BCUT2D eigenvalue weighted by atomic mass is 10.1. The molecule has 1 aromatic carbocycles. The number of benzene rings is 1. The Morgan fingerprint density at radius 1 is 1.29 bits per heavy atom. The standard InChI is InChI=1S/C16H23N5/c1-13-15(12-20-21-13)8-5-10-18-16(17)19-11-9-14-6-3-2-4-7-14/h2-4,6-7,12H,5,8-11H2,1H3,(H,20,21)(H3,17,18,19). The number of nitrogens with zero attached hydrogens (tertiary/aromatic N) is 2. The molecule has 0 amide bonds. The highest BCUT2D eigenvalue weighted by atomic mass is 15.1. The van der Waals surface area contributed by atoms with Crippen LogP contribution in [0, 0.1) is 6.92 Å². The third-order valence-electron chi connectivity index (χ3n) is 3.38. The molecule has 0 aliphatic heterocycles. The van der Waals surface area contributed by atoms with E-state index < -0.39 is 0 Å². The molecule has 1 heterocycles. The largest absolute Gasteiger partial charge is 0.370 e. The maximum atomic E-state index is 5.85. The Morgan fingerprint density at radius 2 is 2.10 bits per heavy atom. The van der Waals surface area contributed by atoms with Crippen LogP contribution in [-0.2, 0) is 12.8 Å². The van der Waals surface area contributed by atoms with Gasteiger partial charge in [0.1, 0.15) is 0 Å². The van der Waals surface area contributed by atoms with Crippen molar-refractivity contribution in [3.63, 3.8) is 0 Å². The molecule has 0 radical (unpaired) electrons. The molecule has 4 N–H and O–H groups in total. The predicted molar refractivity (Wildman–Crippen MR) is 86.3 cm³/mol. The maximum absolute atomic E-state index is 5.85. The van der Waals surface area contributed by atoms with Crippen molar-refractivity contribution in [3.05, 3.63) is 53.3 Å². The predicted octanol–water partition coefficient (Wildman–Crippen LogP) is 1.80. The van der Waals surface area contributed by atoms with Crippen LogP contribution in [0.25, 0.3) is 0 Å². The van der Waals surface area contributed by atoms with Crippen LogP contribution >= 0.6 is 0 Å². The molecule has 0 spiro atoms. The summed E-state index contributed by atoms with van der Waals surface area (Å²) in [5.41, 5.74) is 9.53. The van der Waals surface area contributed by atoms with Crippen LogP contribution in [0.5, 0.6) is 0 Å². The number of aliphatic imine (C=N–C) groups is 1. The Bertz CT molecular complexity index is 559. The average Bonchev–Trinajstić information content (AvgIpc) is 2.90. The van der Waals surface area contributed by atoms with Crippen molar-refractivity contribution < 1.29 is 0 Å². The van der Waals surface area contributed by atoms with Crippen LogP contribution in [-0.4, -0.2) is 29.2 Å². The normalized spacial score (nSPS) is 11.6. The third-order valence-corrected chi connectivity index (χ3v) is 3.38. The molecule has 0 unspecified atom stereocenters. The molecule has 112 valence electrons. The lowest BCUT2D eigenvalue weighted by Crippen LogP contribution is -2.33. The summed E-state index contributed by atoms with van der Waals surface area (Å²) in [6, 6.07) is 10.3. The number of nitrogens with two attached hydrogens (primary N) is 1. The summed E-state index contributed by atoms with van der Waals surface area (Å²) in [5, 5.41) is 10.1. The number of rotatable bonds is 7. The number of H-pyrrole nitrogens is 1. The third kappa shape index (κ3) is 5.30. The Balaban J connectivity index is 1.62. The Kier molecular flexibility index (Phi) is 5.82. The van der Waals surface area contributed by atoms with Crippen molar-refractivity contribution in [1.82, 2.24) is 15.5 Å². The number of hydrogen-bond donors (Lipinski definition) is 3. The van der Waals surface area contributed by atoms with E-state index in [0.717, 1.165) is 38.0 Å². The van der Waals surface area contributed by atoms with Gasteiger partial charge in [0.15, 0.2) is 5.96 Å². The van der Waals surface area contributed by atoms with Crippen LogP contribution in [0.3, 0.4) is 0 Å². The first-order chi connectivity index (χ1) is 10.3. The number of aromatic nitrogens is 2. The second-order valence-electron chi connectivity index (χ2n) is 5.05. The van der Waals surface area contributed by atoms with Gasteiger partial charge in [-0.05, 0) is 37.3 Å². The van der Waals surface area contributed by atoms with Crippen LogP contribution in [0.4, 0.5) is 0 Å². The van der Waals surface area contributed by atoms with E-state index >= 15 is 0 Å². The molecule has 0 aliphatic rings. The Labute approximate surface area is 125 Å². The highest BCUT2D eigenvalue weighted by Crippen LogP contribution is 2.05. The first-order valence-corrected chi connectivity index (χ1v) is 7.32. The monoisotopic (exact) mass is 285 g/mol. The first kappa shape index (κ1) is 15.1. The van der Waals surface area contributed by atoms with E-state index in [9.17, 15) is 0 Å². The number of nitrogens with one attached hydrogen (secondary N) is 2. The summed E-state index contributed by atoms with van der Waals surface area (Å²) in [6.45, 7) is 3.57. The van der Waals surface area contributed by atoms with Crippen LogP contribution in [0.15, 0.2) is 41.5 Å². The smallest absolute Gasteiger partial charge is 0.188 e. The molecule has 1 aromatic heterocycles. The number of aryl methyl sites for hydroxylation is 2. The topological polar surface area (TPSA) is 79.1 Å². The van der Waals surface area contributed by atoms with Gasteiger partial charge in [-0.15, -0.1) is 0 Å². The van der Waals surface area contributed by atoms with Gasteiger partial charge < -0.3 is 11.1 Å². The van der Waals surface area contributed by atoms with E-state index in [1.54, 1.807) is 0 Å². The summed E-state index contributed by atoms with van der Waals surface area (Å²) in [6.07, 6.45) is 4.77. The zero-order chi connectivity index (χ0) is 14.9. The molecule has 2 rings (SSSR count). The maximum Gasteiger partial charge on any atom is 0.188 e. The minimum atomic E-state index is 0.523. The summed E-state index contributed by atoms with van der Waals surface area (Å²) >= 11 is 0. The van der Waals surface area contributed by atoms with Gasteiger partial charge >= 0.3 is 0 Å². The van der Waals surface area contributed by atoms with E-state index in [1.807, 2.05) is 31.3 Å². The molecule has 2 aromatic rings. The van der Waals surface area contributed by atoms with Crippen molar-refractivity contribution in [1.29, 1.82) is 0 Å². The molecule has 0 bridgehead atoms. The van der Waals surface area contributed by atoms with Crippen LogP contribution in [0.1, 0.15) is 23.2 Å². The minimum Gasteiger partial charge on any atom is -0.370 e. The number of guanidine groups is 1. The van der Waals surface area contributed by atoms with Gasteiger partial charge in [-0.2, -0.15) is 5.10 Å². The van der Waals surface area contributed by atoms with Crippen molar-refractivity contribution in [2.24, 2.45) is 10.7 Å². The second-order valence-corrected chi connectivity index (χ2v) is 5.05. The average molecular weight is 285 g/mol. The second kappa shape index (κ2) is 8.09. The Morgan fingerprint density at radius 3 is 2.81 bits per heavy atom. The zero-order valence-electron chi connectivity index (χ0n) is 12.5. The van der Waals surface area contributed by atoms with E-state index in [2.05, 4.69) is 32.6 Å². The molecule has 0 aliphatic carbocycles. The van der Waals surface area contributed by atoms with Gasteiger partial charge in [-0.25, -0.2) is 0 Å². The lowest BCUT2D eigenvalue weighted by molar-refractivity contribution is 0.805. The van der Waals surface area contributed by atoms with E-state index in [1.165, 1.54) is 11.1 Å². The van der Waals surface area contributed by atoms with Crippen LogP contribution < -0.4 is 11.1 Å². The molecule has 5 nitrogen and oxygen atoms in total. The van der Waals surface area contributed by atoms with E-state index in [-0.39, 0.29) is 0 Å². The molecule has 5 heteroatoms. The molecule has 0 fully saturated rings. The highest BCUT2D eigenvalue weighted by molar-refractivity contribution is 5.77. The highest BCUT2D eigenvalue weighted by Gasteiger charge is 1.99. The first-order valence-electron chi connectivity index (χ1n) is 7.32. The van der Waals surface area contributed by atoms with Crippen molar-refractivity contribution in [2.75, 3.05) is 13.1 Å². The van der Waals surface area contributed by atoms with Crippen molar-refractivity contribution in [2.45, 2.75) is 26.2 Å². The fraction of sp³-hybridized carbons (Fsp3) is 0.375. The fourth-order valence-corrected chi connectivity index (χ4v) is 2.13. The SMILES string of the molecule is Cc1[nH]ncc1CCCN=C(N)NCCc1ccccc1. The van der Waals surface area contributed by atoms with Crippen molar-refractivity contribution in [3.8, 4) is 0 Å². The quantitative estimate of drug-likeness (QED) is 0.412. The lowest BCUT2D eigenvalue weighted by Gasteiger charge is -2.05. The van der Waals surface area contributed by atoms with Gasteiger partial charge in [0.2, 0.25) is 0 Å². The summed E-state index contributed by atoms with van der Waals surface area (Å²) in [5.74, 6) is 0.523. The molecular formula is C16H23N5. The fourth-order valence-electron chi connectivity index (χ4n) is 2.13. The molecule has 0 saturated carbocycles. The molecule has 0 atom stereocenters. The van der Waals surface area contributed by atoms with Crippen molar-refractivity contribution >= 4 is 5.96 Å². The molecule has 0 saturated heterocycles. The van der Waals surface area contributed by atoms with Crippen LogP contribution in [0.2, 0.25) is 0 Å². The van der Waals surface area contributed by atoms with Gasteiger partial charge in [-0.3, -0.25) is 10.1 Å². The van der Waals surface area contributed by atoms with E-state index in [0.29, 0.717) is 5.96 Å². The van der Waals surface area contributed by atoms with Gasteiger partial charge in [0.25, 0.3) is 0 Å². The van der Waals surface area contributed by atoms with Gasteiger partial charge in [0.05, 0.1) is 6.20 Å². The number of hydrogen-bond acceptors (Lipinski definition) is 2. The molecular weight excluding hydrogens is 262 g/mol.